The number of hydrogen-bond acceptors (Lipinski definition) is 5. The van der Waals surface area contributed by atoms with E-state index in [2.05, 4.69) is 31.9 Å². The summed E-state index contributed by atoms with van der Waals surface area (Å²) in [6.45, 7) is 4.33. The van der Waals surface area contributed by atoms with Crippen molar-refractivity contribution in [2.45, 2.75) is 13.8 Å². The van der Waals surface area contributed by atoms with Gasteiger partial charge in [-0.1, -0.05) is 15.9 Å². The van der Waals surface area contributed by atoms with Crippen LogP contribution in [0.4, 0.5) is 0 Å². The zero-order chi connectivity index (χ0) is 18.4. The molecule has 0 saturated heterocycles. The summed E-state index contributed by atoms with van der Waals surface area (Å²) in [6.07, 6.45) is 0. The number of hydrogen-bond donors (Lipinski definition) is 0. The summed E-state index contributed by atoms with van der Waals surface area (Å²) in [5.41, 5.74) is 0.502. The fraction of sp³-hybridized carbons (Fsp3) is 0.222. The first kappa shape index (κ1) is 19.5. The molecule has 0 amide bonds. The number of ether oxygens (including phenoxy) is 3. The Bertz CT molecular complexity index is 789. The maximum atomic E-state index is 12.4. The molecule has 0 bridgehead atoms. The van der Waals surface area contributed by atoms with Crippen LogP contribution in [0, 0.1) is 0 Å². The molecule has 0 N–H and O–H groups in total. The summed E-state index contributed by atoms with van der Waals surface area (Å²) in [7, 11) is 0. The maximum Gasteiger partial charge on any atom is 0.343 e. The third-order valence-corrected chi connectivity index (χ3v) is 4.22. The summed E-state index contributed by atoms with van der Waals surface area (Å²) in [6, 6.07) is 9.65. The molecule has 0 aliphatic heterocycles. The molecule has 0 spiro atoms. The summed E-state index contributed by atoms with van der Waals surface area (Å²) in [4.78, 5) is 24.5. The lowest BCUT2D eigenvalue weighted by Gasteiger charge is -2.11. The smallest absolute Gasteiger partial charge is 0.343 e. The standard InChI is InChI=1S/C18H16Br2O5/c1-3-23-16-7-5-11(9-14(16)20)17(21)25-15-8-6-12(19)10-13(15)18(22)24-4-2/h5-10H,3-4H2,1-2H3. The predicted octanol–water partition coefficient (Wildman–Crippen LogP) is 5.01. The summed E-state index contributed by atoms with van der Waals surface area (Å²) in [5, 5.41) is 0. The van der Waals surface area contributed by atoms with Gasteiger partial charge >= 0.3 is 11.9 Å². The van der Waals surface area contributed by atoms with E-state index in [0.717, 1.165) is 0 Å². The fourth-order valence-corrected chi connectivity index (χ4v) is 2.87. The number of benzene rings is 2. The summed E-state index contributed by atoms with van der Waals surface area (Å²) in [5.74, 6) is -0.373. The zero-order valence-electron chi connectivity index (χ0n) is 13.7. The second kappa shape index (κ2) is 9.01. The van der Waals surface area contributed by atoms with Crippen LogP contribution < -0.4 is 9.47 Å². The Morgan fingerprint density at radius 2 is 1.64 bits per heavy atom. The van der Waals surface area contributed by atoms with E-state index in [9.17, 15) is 9.59 Å². The van der Waals surface area contributed by atoms with Gasteiger partial charge in [-0.15, -0.1) is 0 Å². The molecule has 2 aromatic carbocycles. The van der Waals surface area contributed by atoms with Crippen LogP contribution in [0.5, 0.6) is 11.5 Å². The topological polar surface area (TPSA) is 61.8 Å². The normalized spacial score (nSPS) is 10.2. The van der Waals surface area contributed by atoms with Gasteiger partial charge in [0.2, 0.25) is 0 Å². The number of rotatable bonds is 6. The van der Waals surface area contributed by atoms with Crippen LogP contribution in [0.3, 0.4) is 0 Å². The third-order valence-electron chi connectivity index (χ3n) is 3.11. The molecule has 0 atom stereocenters. The van der Waals surface area contributed by atoms with Gasteiger partial charge in [0.05, 0.1) is 23.2 Å². The molecule has 0 heterocycles. The molecular weight excluding hydrogens is 456 g/mol. The van der Waals surface area contributed by atoms with E-state index in [0.29, 0.717) is 26.9 Å². The quantitative estimate of drug-likeness (QED) is 0.438. The van der Waals surface area contributed by atoms with E-state index in [1.807, 2.05) is 6.92 Å². The molecule has 0 aromatic heterocycles. The molecule has 25 heavy (non-hydrogen) atoms. The minimum atomic E-state index is -0.586. The van der Waals surface area contributed by atoms with Crippen molar-refractivity contribution in [2.75, 3.05) is 13.2 Å². The first-order valence-electron chi connectivity index (χ1n) is 7.57. The summed E-state index contributed by atoms with van der Waals surface area (Å²) < 4.78 is 17.1. The van der Waals surface area contributed by atoms with Crippen molar-refractivity contribution in [1.82, 2.24) is 0 Å². The number of carbonyl (C=O) groups excluding carboxylic acids is 2. The van der Waals surface area contributed by atoms with E-state index in [-0.39, 0.29) is 17.9 Å². The molecule has 7 heteroatoms. The highest BCUT2D eigenvalue weighted by Crippen LogP contribution is 2.28. The maximum absolute atomic E-state index is 12.4. The molecule has 5 nitrogen and oxygen atoms in total. The molecule has 0 aliphatic rings. The molecular formula is C18H16Br2O5. The highest BCUT2D eigenvalue weighted by atomic mass is 79.9. The molecule has 2 aromatic rings. The van der Waals surface area contributed by atoms with E-state index >= 15 is 0 Å². The molecule has 0 radical (unpaired) electrons. The van der Waals surface area contributed by atoms with Gasteiger partial charge in [0.15, 0.2) is 0 Å². The Kier molecular flexibility index (Phi) is 7.01. The monoisotopic (exact) mass is 470 g/mol. The SMILES string of the molecule is CCOC(=O)c1cc(Br)ccc1OC(=O)c1ccc(OCC)c(Br)c1. The van der Waals surface area contributed by atoms with Crippen molar-refractivity contribution < 1.29 is 23.8 Å². The van der Waals surface area contributed by atoms with Crippen LogP contribution in [0.25, 0.3) is 0 Å². The average Bonchev–Trinajstić information content (AvgIpc) is 2.58. The van der Waals surface area contributed by atoms with Crippen LogP contribution in [0.2, 0.25) is 0 Å². The molecule has 0 unspecified atom stereocenters. The predicted molar refractivity (Wildman–Crippen MR) is 100 cm³/mol. The first-order valence-corrected chi connectivity index (χ1v) is 9.16. The van der Waals surface area contributed by atoms with Crippen molar-refractivity contribution in [1.29, 1.82) is 0 Å². The van der Waals surface area contributed by atoms with Gasteiger partial charge < -0.3 is 14.2 Å². The lowest BCUT2D eigenvalue weighted by Crippen LogP contribution is -2.13. The lowest BCUT2D eigenvalue weighted by molar-refractivity contribution is 0.0520. The van der Waals surface area contributed by atoms with Gasteiger partial charge in [-0.3, -0.25) is 0 Å². The van der Waals surface area contributed by atoms with Crippen molar-refractivity contribution in [2.24, 2.45) is 0 Å². The Morgan fingerprint density at radius 1 is 0.920 bits per heavy atom. The third kappa shape index (κ3) is 5.06. The van der Waals surface area contributed by atoms with E-state index in [4.69, 9.17) is 14.2 Å². The van der Waals surface area contributed by atoms with E-state index < -0.39 is 11.9 Å². The van der Waals surface area contributed by atoms with E-state index in [1.165, 1.54) is 6.07 Å². The minimum Gasteiger partial charge on any atom is -0.493 e. The molecule has 0 fully saturated rings. The second-order valence-electron chi connectivity index (χ2n) is 4.83. The summed E-state index contributed by atoms with van der Waals surface area (Å²) >= 11 is 6.65. The Morgan fingerprint density at radius 3 is 2.28 bits per heavy atom. The van der Waals surface area contributed by atoms with Crippen LogP contribution in [-0.4, -0.2) is 25.2 Å². The minimum absolute atomic E-state index is 0.136. The number of carbonyl (C=O) groups is 2. The van der Waals surface area contributed by atoms with Crippen molar-refractivity contribution in [3.8, 4) is 11.5 Å². The molecule has 0 saturated carbocycles. The van der Waals surface area contributed by atoms with Gasteiger partial charge in [-0.2, -0.15) is 0 Å². The lowest BCUT2D eigenvalue weighted by atomic mass is 10.2. The Balaban J connectivity index is 2.26. The highest BCUT2D eigenvalue weighted by Gasteiger charge is 2.18. The van der Waals surface area contributed by atoms with Crippen LogP contribution >= 0.6 is 31.9 Å². The van der Waals surface area contributed by atoms with Crippen LogP contribution in [-0.2, 0) is 4.74 Å². The fourth-order valence-electron chi connectivity index (χ4n) is 2.02. The second-order valence-corrected chi connectivity index (χ2v) is 6.60. The van der Waals surface area contributed by atoms with Gasteiger partial charge in [0.1, 0.15) is 17.1 Å². The van der Waals surface area contributed by atoms with Gasteiger partial charge in [0, 0.05) is 4.47 Å². The van der Waals surface area contributed by atoms with Crippen molar-refractivity contribution in [3.63, 3.8) is 0 Å². The number of halogens is 2. The molecule has 132 valence electrons. The molecule has 2 rings (SSSR count). The van der Waals surface area contributed by atoms with Gasteiger partial charge in [-0.25, -0.2) is 9.59 Å². The zero-order valence-corrected chi connectivity index (χ0v) is 16.8. The van der Waals surface area contributed by atoms with Crippen LogP contribution in [0.15, 0.2) is 45.3 Å². The molecule has 0 aliphatic carbocycles. The highest BCUT2D eigenvalue weighted by molar-refractivity contribution is 9.10. The van der Waals surface area contributed by atoms with Gasteiger partial charge in [-0.05, 0) is 66.2 Å². The van der Waals surface area contributed by atoms with Crippen molar-refractivity contribution >= 4 is 43.8 Å². The van der Waals surface area contributed by atoms with Crippen molar-refractivity contribution in [3.05, 3.63) is 56.5 Å². The largest absolute Gasteiger partial charge is 0.493 e. The Labute approximate surface area is 162 Å². The number of esters is 2. The average molecular weight is 472 g/mol. The van der Waals surface area contributed by atoms with Gasteiger partial charge in [0.25, 0.3) is 0 Å². The first-order chi connectivity index (χ1) is 12.0. The van der Waals surface area contributed by atoms with Crippen LogP contribution in [0.1, 0.15) is 34.6 Å². The Hall–Kier alpha value is -1.86. The van der Waals surface area contributed by atoms with E-state index in [1.54, 1.807) is 37.3 Å².